The number of alkyl halides is 3. The molecule has 0 atom stereocenters. The first kappa shape index (κ1) is 24.2. The second kappa shape index (κ2) is 9.64. The van der Waals surface area contributed by atoms with Gasteiger partial charge in [0.15, 0.2) is 5.65 Å². The SMILES string of the molecule is O=C(Nc1ccc(OCC2COC2)c(C(F)(F)F)c1)c1ccc2c(c1)N(Cc1cnc3cnccn13)CC2. The number of nitrogens with zero attached hydrogens (tertiary/aromatic N) is 4. The fourth-order valence-electron chi connectivity index (χ4n) is 4.70. The van der Waals surface area contributed by atoms with Crippen LogP contribution in [0.2, 0.25) is 0 Å². The molecule has 4 heterocycles. The fourth-order valence-corrected chi connectivity index (χ4v) is 4.70. The Morgan fingerprint density at radius 1 is 1.16 bits per heavy atom. The summed E-state index contributed by atoms with van der Waals surface area (Å²) in [6, 6.07) is 8.94. The zero-order valence-corrected chi connectivity index (χ0v) is 20.2. The molecule has 6 rings (SSSR count). The zero-order valence-electron chi connectivity index (χ0n) is 20.2. The molecule has 1 amide bonds. The molecule has 0 radical (unpaired) electrons. The molecule has 2 aromatic heterocycles. The number of ether oxygens (including phenoxy) is 2. The number of hydrogen-bond acceptors (Lipinski definition) is 6. The van der Waals surface area contributed by atoms with Gasteiger partial charge in [0.2, 0.25) is 0 Å². The van der Waals surface area contributed by atoms with Crippen molar-refractivity contribution in [3.63, 3.8) is 0 Å². The maximum atomic E-state index is 13.7. The van der Waals surface area contributed by atoms with Crippen molar-refractivity contribution in [2.45, 2.75) is 19.1 Å². The number of carbonyl (C=O) groups is 1. The average molecular weight is 524 g/mol. The van der Waals surface area contributed by atoms with Crippen LogP contribution in [0, 0.1) is 5.92 Å². The van der Waals surface area contributed by atoms with Crippen molar-refractivity contribution in [1.29, 1.82) is 0 Å². The van der Waals surface area contributed by atoms with Gasteiger partial charge in [-0.25, -0.2) is 4.98 Å². The largest absolute Gasteiger partial charge is 0.492 e. The van der Waals surface area contributed by atoms with E-state index in [2.05, 4.69) is 20.2 Å². The summed E-state index contributed by atoms with van der Waals surface area (Å²) in [5.74, 6) is -0.674. The number of imidazole rings is 1. The Balaban J connectivity index is 1.19. The number of fused-ring (bicyclic) bond motifs is 2. The molecule has 0 aliphatic carbocycles. The monoisotopic (exact) mass is 523 g/mol. The Morgan fingerprint density at radius 3 is 2.82 bits per heavy atom. The summed E-state index contributed by atoms with van der Waals surface area (Å²) in [6.45, 7) is 2.47. The van der Waals surface area contributed by atoms with E-state index in [1.54, 1.807) is 30.7 Å². The highest BCUT2D eigenvalue weighted by molar-refractivity contribution is 6.05. The van der Waals surface area contributed by atoms with Gasteiger partial charge in [-0.05, 0) is 42.3 Å². The van der Waals surface area contributed by atoms with Crippen LogP contribution < -0.4 is 15.0 Å². The van der Waals surface area contributed by atoms with Crippen LogP contribution >= 0.6 is 0 Å². The van der Waals surface area contributed by atoms with E-state index in [-0.39, 0.29) is 24.0 Å². The van der Waals surface area contributed by atoms with Gasteiger partial charge in [0, 0.05) is 41.8 Å². The van der Waals surface area contributed by atoms with Gasteiger partial charge in [-0.3, -0.25) is 14.2 Å². The molecule has 0 bridgehead atoms. The van der Waals surface area contributed by atoms with Crippen molar-refractivity contribution in [3.05, 3.63) is 83.6 Å². The van der Waals surface area contributed by atoms with Crippen LogP contribution in [-0.4, -0.2) is 46.6 Å². The van der Waals surface area contributed by atoms with Crippen LogP contribution in [0.5, 0.6) is 5.75 Å². The van der Waals surface area contributed by atoms with Crippen LogP contribution in [0.25, 0.3) is 5.65 Å². The number of aromatic nitrogens is 3. The molecule has 196 valence electrons. The molecule has 1 N–H and O–H groups in total. The Morgan fingerprint density at radius 2 is 2.03 bits per heavy atom. The van der Waals surface area contributed by atoms with E-state index in [9.17, 15) is 18.0 Å². The second-order valence-electron chi connectivity index (χ2n) is 9.45. The maximum absolute atomic E-state index is 13.7. The molecule has 0 unspecified atom stereocenters. The van der Waals surface area contributed by atoms with Crippen LogP contribution in [0.1, 0.15) is 27.2 Å². The molecule has 0 spiro atoms. The smallest absolute Gasteiger partial charge is 0.420 e. The molecule has 11 heteroatoms. The number of anilines is 2. The Hall–Kier alpha value is -4.12. The van der Waals surface area contributed by atoms with Crippen LogP contribution in [-0.2, 0) is 23.9 Å². The standard InChI is InChI=1S/C27H24F3N5O3/c28-27(29,30)22-10-20(3-4-24(22)38-16-17-14-37-15-17)33-26(36)19-2-1-18-5-7-34(23(18)9-19)13-21-11-32-25-12-31-6-8-35(21)25/h1-4,6,8-12,17H,5,7,13-16H2,(H,33,36). The van der Waals surface area contributed by atoms with Crippen molar-refractivity contribution < 1.29 is 27.4 Å². The molecule has 4 aromatic rings. The van der Waals surface area contributed by atoms with Gasteiger partial charge in [-0.1, -0.05) is 6.07 Å². The summed E-state index contributed by atoms with van der Waals surface area (Å²) in [6.07, 6.45) is 3.25. The van der Waals surface area contributed by atoms with Gasteiger partial charge >= 0.3 is 6.18 Å². The molecule has 0 saturated carbocycles. The Bertz CT molecular complexity index is 1500. The molecular weight excluding hydrogens is 499 g/mol. The summed E-state index contributed by atoms with van der Waals surface area (Å²) in [5.41, 5.74) is 3.23. The number of nitrogens with one attached hydrogen (secondary N) is 1. The number of rotatable bonds is 7. The quantitative estimate of drug-likeness (QED) is 0.382. The second-order valence-corrected chi connectivity index (χ2v) is 9.45. The zero-order chi connectivity index (χ0) is 26.3. The van der Waals surface area contributed by atoms with E-state index in [0.29, 0.717) is 25.3 Å². The summed E-state index contributed by atoms with van der Waals surface area (Å²) >= 11 is 0. The molecule has 1 fully saturated rings. The van der Waals surface area contributed by atoms with E-state index < -0.39 is 17.6 Å². The van der Waals surface area contributed by atoms with E-state index in [4.69, 9.17) is 9.47 Å². The molecule has 38 heavy (non-hydrogen) atoms. The number of amides is 1. The highest BCUT2D eigenvalue weighted by Gasteiger charge is 2.35. The summed E-state index contributed by atoms with van der Waals surface area (Å²) in [7, 11) is 0. The molecular formula is C27H24F3N5O3. The fraction of sp³-hybridized carbons (Fsp3) is 0.296. The van der Waals surface area contributed by atoms with Crippen molar-refractivity contribution in [3.8, 4) is 5.75 Å². The van der Waals surface area contributed by atoms with Gasteiger partial charge in [-0.15, -0.1) is 0 Å². The van der Waals surface area contributed by atoms with Gasteiger partial charge in [0.25, 0.3) is 5.91 Å². The van der Waals surface area contributed by atoms with Crippen LogP contribution in [0.3, 0.4) is 0 Å². The van der Waals surface area contributed by atoms with Crippen molar-refractivity contribution in [2.75, 3.05) is 36.6 Å². The topological polar surface area (TPSA) is 81.0 Å². The Labute approximate surface area is 216 Å². The van der Waals surface area contributed by atoms with E-state index >= 15 is 0 Å². The molecule has 2 aliphatic heterocycles. The lowest BCUT2D eigenvalue weighted by molar-refractivity contribution is -0.139. The van der Waals surface area contributed by atoms with E-state index in [1.165, 1.54) is 12.1 Å². The molecule has 2 aromatic carbocycles. The minimum absolute atomic E-state index is 0.0401. The first-order valence-electron chi connectivity index (χ1n) is 12.2. The number of halogens is 3. The predicted molar refractivity (Wildman–Crippen MR) is 133 cm³/mol. The Kier molecular flexibility index (Phi) is 6.15. The minimum atomic E-state index is -4.63. The van der Waals surface area contributed by atoms with Gasteiger partial charge in [0.1, 0.15) is 5.75 Å². The highest BCUT2D eigenvalue weighted by atomic mass is 19.4. The van der Waals surface area contributed by atoms with Gasteiger partial charge < -0.3 is 19.7 Å². The summed E-state index contributed by atoms with van der Waals surface area (Å²) in [4.78, 5) is 23.7. The van der Waals surface area contributed by atoms with Crippen LogP contribution in [0.15, 0.2) is 61.2 Å². The van der Waals surface area contributed by atoms with Gasteiger partial charge in [-0.2, -0.15) is 13.2 Å². The van der Waals surface area contributed by atoms with Crippen molar-refractivity contribution >= 4 is 22.9 Å². The van der Waals surface area contributed by atoms with Crippen molar-refractivity contribution in [1.82, 2.24) is 14.4 Å². The highest BCUT2D eigenvalue weighted by Crippen LogP contribution is 2.38. The summed E-state index contributed by atoms with van der Waals surface area (Å²) < 4.78 is 53.6. The lowest BCUT2D eigenvalue weighted by Gasteiger charge is -2.26. The lowest BCUT2D eigenvalue weighted by atomic mass is 10.1. The first-order chi connectivity index (χ1) is 18.3. The third-order valence-corrected chi connectivity index (χ3v) is 6.81. The normalized spacial score (nSPS) is 15.4. The lowest BCUT2D eigenvalue weighted by Crippen LogP contribution is -2.32. The molecule has 8 nitrogen and oxygen atoms in total. The third-order valence-electron chi connectivity index (χ3n) is 6.81. The van der Waals surface area contributed by atoms with Crippen molar-refractivity contribution in [2.24, 2.45) is 5.92 Å². The predicted octanol–water partition coefficient (Wildman–Crippen LogP) is 4.59. The molecule has 1 saturated heterocycles. The number of carbonyl (C=O) groups excluding carboxylic acids is 1. The van der Waals surface area contributed by atoms with E-state index in [0.717, 1.165) is 41.6 Å². The summed E-state index contributed by atoms with van der Waals surface area (Å²) in [5, 5.41) is 2.61. The van der Waals surface area contributed by atoms with Gasteiger partial charge in [0.05, 0.1) is 50.0 Å². The number of benzene rings is 2. The average Bonchev–Trinajstić information content (AvgIpc) is 3.47. The number of hydrogen-bond donors (Lipinski definition) is 1. The van der Waals surface area contributed by atoms with E-state index in [1.807, 2.05) is 16.7 Å². The first-order valence-corrected chi connectivity index (χ1v) is 12.2. The third kappa shape index (κ3) is 4.76. The molecule has 2 aliphatic rings. The maximum Gasteiger partial charge on any atom is 0.420 e. The van der Waals surface area contributed by atoms with Crippen LogP contribution in [0.4, 0.5) is 24.5 Å². The minimum Gasteiger partial charge on any atom is -0.492 e.